The number of carbonyl (C=O) groups excluding carboxylic acids is 1. The summed E-state index contributed by atoms with van der Waals surface area (Å²) in [5.74, 6) is 0.336. The van der Waals surface area contributed by atoms with E-state index < -0.39 is 11.7 Å². The third-order valence-corrected chi connectivity index (χ3v) is 1.59. The van der Waals surface area contributed by atoms with E-state index in [-0.39, 0.29) is 12.2 Å². The van der Waals surface area contributed by atoms with E-state index in [2.05, 4.69) is 0 Å². The molecule has 0 aliphatic heterocycles. The van der Waals surface area contributed by atoms with E-state index in [4.69, 9.17) is 16.3 Å². The smallest absolute Gasteiger partial charge is 0.263 e. The van der Waals surface area contributed by atoms with Crippen molar-refractivity contribution in [1.29, 1.82) is 0 Å². The molecule has 2 nitrogen and oxygen atoms in total. The minimum Gasteiger partial charge on any atom is -0.484 e. The van der Waals surface area contributed by atoms with Crippen molar-refractivity contribution in [3.05, 3.63) is 29.8 Å². The molecule has 1 rings (SSSR count). The van der Waals surface area contributed by atoms with Gasteiger partial charge in [0.25, 0.3) is 11.7 Å². The highest BCUT2D eigenvalue weighted by molar-refractivity contribution is 6.63. The maximum absolute atomic E-state index is 12.1. The lowest BCUT2D eigenvalue weighted by Gasteiger charge is -2.04. The van der Waals surface area contributed by atoms with Crippen molar-refractivity contribution in [3.8, 4) is 5.75 Å². The summed E-state index contributed by atoms with van der Waals surface area (Å²) in [7, 11) is 0. The molecule has 14 heavy (non-hydrogen) atoms. The first kappa shape index (κ1) is 10.9. The highest BCUT2D eigenvalue weighted by Crippen LogP contribution is 2.21. The first-order chi connectivity index (χ1) is 6.59. The molecular weight excluding hydrogens is 214 g/mol. The molecule has 1 aromatic carbocycles. The first-order valence-corrected chi connectivity index (χ1v) is 4.16. The molecule has 0 N–H and O–H groups in total. The molecule has 0 saturated heterocycles. The molecule has 0 aliphatic rings. The van der Waals surface area contributed by atoms with Gasteiger partial charge in [0.05, 0.1) is 0 Å². The topological polar surface area (TPSA) is 26.3 Å². The molecule has 0 aliphatic carbocycles. The molecule has 0 unspecified atom stereocenters. The number of rotatable bonds is 4. The number of ether oxygens (including phenoxy) is 1. The molecule has 0 aromatic heterocycles. The molecule has 0 fully saturated rings. The third kappa shape index (κ3) is 3.30. The molecule has 0 atom stereocenters. The van der Waals surface area contributed by atoms with Crippen LogP contribution in [-0.4, -0.2) is 11.8 Å². The van der Waals surface area contributed by atoms with Crippen molar-refractivity contribution in [2.45, 2.75) is 6.43 Å². The molecule has 0 bridgehead atoms. The highest BCUT2D eigenvalue weighted by Gasteiger charge is 2.06. The van der Waals surface area contributed by atoms with Gasteiger partial charge in [-0.25, -0.2) is 8.78 Å². The molecule has 0 spiro atoms. The van der Waals surface area contributed by atoms with Crippen molar-refractivity contribution in [2.75, 3.05) is 6.61 Å². The Kier molecular flexibility index (Phi) is 3.83. The second kappa shape index (κ2) is 4.91. The SMILES string of the molecule is O=C(Cl)COc1ccc(C(F)F)cc1. The Labute approximate surface area is 84.4 Å². The quantitative estimate of drug-likeness (QED) is 0.730. The van der Waals surface area contributed by atoms with Crippen molar-refractivity contribution in [1.82, 2.24) is 0 Å². The Morgan fingerprint density at radius 1 is 1.36 bits per heavy atom. The van der Waals surface area contributed by atoms with Crippen LogP contribution in [0, 0.1) is 0 Å². The second-order valence-electron chi connectivity index (χ2n) is 2.51. The Morgan fingerprint density at radius 2 is 1.93 bits per heavy atom. The fourth-order valence-corrected chi connectivity index (χ4v) is 0.904. The summed E-state index contributed by atoms with van der Waals surface area (Å²) in [5.41, 5.74) is -0.0884. The van der Waals surface area contributed by atoms with Gasteiger partial charge >= 0.3 is 0 Å². The summed E-state index contributed by atoms with van der Waals surface area (Å²) in [4.78, 5) is 10.3. The fourth-order valence-electron chi connectivity index (χ4n) is 0.850. The van der Waals surface area contributed by atoms with Crippen molar-refractivity contribution < 1.29 is 18.3 Å². The second-order valence-corrected chi connectivity index (χ2v) is 2.94. The van der Waals surface area contributed by atoms with Gasteiger partial charge in [0.2, 0.25) is 0 Å². The molecule has 0 saturated carbocycles. The van der Waals surface area contributed by atoms with E-state index in [1.165, 1.54) is 24.3 Å². The average Bonchev–Trinajstić information content (AvgIpc) is 2.15. The van der Waals surface area contributed by atoms with Crippen LogP contribution in [0.5, 0.6) is 5.75 Å². The van der Waals surface area contributed by atoms with Gasteiger partial charge in [-0.2, -0.15) is 0 Å². The van der Waals surface area contributed by atoms with E-state index in [1.54, 1.807) is 0 Å². The van der Waals surface area contributed by atoms with Crippen LogP contribution >= 0.6 is 11.6 Å². The van der Waals surface area contributed by atoms with Gasteiger partial charge in [0.1, 0.15) is 5.75 Å². The highest BCUT2D eigenvalue weighted by atomic mass is 35.5. The Balaban J connectivity index is 2.59. The van der Waals surface area contributed by atoms with Crippen LogP contribution < -0.4 is 4.74 Å². The van der Waals surface area contributed by atoms with Crippen LogP contribution in [0.25, 0.3) is 0 Å². The van der Waals surface area contributed by atoms with Gasteiger partial charge < -0.3 is 4.74 Å². The zero-order valence-corrected chi connectivity index (χ0v) is 7.80. The van der Waals surface area contributed by atoms with Crippen molar-refractivity contribution in [2.24, 2.45) is 0 Å². The van der Waals surface area contributed by atoms with Crippen molar-refractivity contribution >= 4 is 16.8 Å². The van der Waals surface area contributed by atoms with Crippen LogP contribution in [0.1, 0.15) is 12.0 Å². The fraction of sp³-hybridized carbons (Fsp3) is 0.222. The van der Waals surface area contributed by atoms with Gasteiger partial charge in [-0.15, -0.1) is 0 Å². The van der Waals surface area contributed by atoms with Gasteiger partial charge in [-0.1, -0.05) is 0 Å². The lowest BCUT2D eigenvalue weighted by Crippen LogP contribution is -2.04. The van der Waals surface area contributed by atoms with Crippen LogP contribution in [-0.2, 0) is 4.79 Å². The molecular formula is C9H7ClF2O2. The number of hydrogen-bond donors (Lipinski definition) is 0. The van der Waals surface area contributed by atoms with Gasteiger partial charge in [0.15, 0.2) is 6.61 Å². The summed E-state index contributed by atoms with van der Waals surface area (Å²) in [5, 5.41) is -0.636. The van der Waals surface area contributed by atoms with Gasteiger partial charge in [-0.3, -0.25) is 4.79 Å². The number of hydrogen-bond acceptors (Lipinski definition) is 2. The lowest BCUT2D eigenvalue weighted by atomic mass is 10.2. The predicted octanol–water partition coefficient (Wildman–Crippen LogP) is 2.77. The van der Waals surface area contributed by atoms with Gasteiger partial charge in [-0.05, 0) is 35.9 Å². The standard InChI is InChI=1S/C9H7ClF2O2/c10-8(13)5-14-7-3-1-6(2-4-7)9(11)12/h1-4,9H,5H2. The first-order valence-electron chi connectivity index (χ1n) is 3.79. The zero-order valence-electron chi connectivity index (χ0n) is 7.04. The maximum atomic E-state index is 12.1. The largest absolute Gasteiger partial charge is 0.484 e. The van der Waals surface area contributed by atoms with Crippen LogP contribution in [0.4, 0.5) is 8.78 Å². The molecule has 5 heteroatoms. The minimum atomic E-state index is -2.50. The van der Waals surface area contributed by atoms with Gasteiger partial charge in [0, 0.05) is 5.56 Å². The lowest BCUT2D eigenvalue weighted by molar-refractivity contribution is -0.113. The summed E-state index contributed by atoms with van der Waals surface area (Å²) in [6.45, 7) is -0.268. The van der Waals surface area contributed by atoms with E-state index >= 15 is 0 Å². The predicted molar refractivity (Wildman–Crippen MR) is 47.8 cm³/mol. The molecule has 0 amide bonds. The molecule has 0 heterocycles. The Bertz CT molecular complexity index is 311. The third-order valence-electron chi connectivity index (χ3n) is 1.48. The van der Waals surface area contributed by atoms with E-state index in [0.717, 1.165) is 0 Å². The monoisotopic (exact) mass is 220 g/mol. The Hall–Kier alpha value is -1.16. The molecule has 1 aromatic rings. The number of benzene rings is 1. The number of carbonyl (C=O) groups is 1. The Morgan fingerprint density at radius 3 is 2.36 bits per heavy atom. The van der Waals surface area contributed by atoms with Crippen LogP contribution in [0.2, 0.25) is 0 Å². The minimum absolute atomic E-state index is 0.0884. The normalized spacial score (nSPS) is 10.3. The number of halogens is 3. The van der Waals surface area contributed by atoms with E-state index in [0.29, 0.717) is 5.75 Å². The summed E-state index contributed by atoms with van der Waals surface area (Å²) in [6.07, 6.45) is -2.50. The van der Waals surface area contributed by atoms with E-state index in [9.17, 15) is 13.6 Å². The molecule has 76 valence electrons. The summed E-state index contributed by atoms with van der Waals surface area (Å²) in [6, 6.07) is 5.19. The zero-order chi connectivity index (χ0) is 10.6. The van der Waals surface area contributed by atoms with Crippen molar-refractivity contribution in [3.63, 3.8) is 0 Å². The van der Waals surface area contributed by atoms with Crippen LogP contribution in [0.3, 0.4) is 0 Å². The van der Waals surface area contributed by atoms with E-state index in [1.807, 2.05) is 0 Å². The van der Waals surface area contributed by atoms with Crippen LogP contribution in [0.15, 0.2) is 24.3 Å². The summed E-state index contributed by atoms with van der Waals surface area (Å²) < 4.78 is 29.1. The average molecular weight is 221 g/mol. The summed E-state index contributed by atoms with van der Waals surface area (Å²) >= 11 is 5.03. The molecule has 0 radical (unpaired) electrons. The maximum Gasteiger partial charge on any atom is 0.263 e. The number of alkyl halides is 2.